The van der Waals surface area contributed by atoms with Crippen molar-refractivity contribution in [2.24, 2.45) is 5.92 Å². The largest absolute Gasteiger partial charge is 0.304 e. The molecule has 1 aliphatic heterocycles. The van der Waals surface area contributed by atoms with Crippen LogP contribution in [0, 0.1) is 17.6 Å². The molecule has 0 saturated carbocycles. The van der Waals surface area contributed by atoms with Gasteiger partial charge in [0.05, 0.1) is 12.0 Å². The lowest BCUT2D eigenvalue weighted by Crippen LogP contribution is -2.55. The van der Waals surface area contributed by atoms with Crippen molar-refractivity contribution in [3.05, 3.63) is 102 Å². The van der Waals surface area contributed by atoms with E-state index >= 15 is 0 Å². The summed E-state index contributed by atoms with van der Waals surface area (Å²) in [6.07, 6.45) is 2.41. The molecule has 1 heterocycles. The Kier molecular flexibility index (Phi) is 5.20. The lowest BCUT2D eigenvalue weighted by atomic mass is 9.78. The second kappa shape index (κ2) is 7.93. The molecule has 1 aliphatic rings. The molecule has 1 fully saturated rings. The number of benzene rings is 3. The van der Waals surface area contributed by atoms with Crippen LogP contribution in [0.15, 0.2) is 78.9 Å². The molecule has 4 rings (SSSR count). The van der Waals surface area contributed by atoms with Gasteiger partial charge in [-0.05, 0) is 66.8 Å². The molecule has 1 saturated heterocycles. The van der Waals surface area contributed by atoms with Gasteiger partial charge in [-0.2, -0.15) is 0 Å². The van der Waals surface area contributed by atoms with Gasteiger partial charge in [0, 0.05) is 5.69 Å². The van der Waals surface area contributed by atoms with Gasteiger partial charge in [0.2, 0.25) is 5.91 Å². The van der Waals surface area contributed by atoms with Crippen LogP contribution in [0.5, 0.6) is 0 Å². The van der Waals surface area contributed by atoms with Crippen LogP contribution in [0.2, 0.25) is 0 Å². The van der Waals surface area contributed by atoms with Crippen LogP contribution >= 0.6 is 0 Å². The molecule has 0 bridgehead atoms. The number of hydrogen-bond donors (Lipinski definition) is 0. The first-order valence-corrected chi connectivity index (χ1v) is 9.51. The zero-order chi connectivity index (χ0) is 19.5. The highest BCUT2D eigenvalue weighted by atomic mass is 19.1. The smallest absolute Gasteiger partial charge is 0.233 e. The van der Waals surface area contributed by atoms with Gasteiger partial charge in [0.1, 0.15) is 11.6 Å². The number of rotatable bonds is 6. The number of hydrogen-bond acceptors (Lipinski definition) is 1. The fraction of sp³-hybridized carbons (Fsp3) is 0.208. The van der Waals surface area contributed by atoms with Crippen LogP contribution in [0.25, 0.3) is 0 Å². The predicted octanol–water partition coefficient (Wildman–Crippen LogP) is 5.69. The average Bonchev–Trinajstić information content (AvgIpc) is 2.72. The fourth-order valence-corrected chi connectivity index (χ4v) is 3.93. The van der Waals surface area contributed by atoms with Gasteiger partial charge in [-0.3, -0.25) is 4.79 Å². The molecule has 2 nitrogen and oxygen atoms in total. The highest BCUT2D eigenvalue weighted by molar-refractivity contribution is 6.03. The summed E-state index contributed by atoms with van der Waals surface area (Å²) in [4.78, 5) is 14.7. The van der Waals surface area contributed by atoms with Gasteiger partial charge >= 0.3 is 0 Å². The molecular formula is C24H21F2NO. The van der Waals surface area contributed by atoms with Crippen molar-refractivity contribution in [1.29, 1.82) is 0 Å². The maximum absolute atomic E-state index is 13.3. The highest BCUT2D eigenvalue weighted by Crippen LogP contribution is 2.45. The molecule has 0 aliphatic carbocycles. The van der Waals surface area contributed by atoms with Gasteiger partial charge in [0.15, 0.2) is 0 Å². The third kappa shape index (κ3) is 3.68. The maximum atomic E-state index is 13.3. The molecule has 142 valence electrons. The van der Waals surface area contributed by atoms with Crippen molar-refractivity contribution in [3.63, 3.8) is 0 Å². The summed E-state index contributed by atoms with van der Waals surface area (Å²) in [5.41, 5.74) is 2.87. The van der Waals surface area contributed by atoms with Gasteiger partial charge in [-0.25, -0.2) is 8.78 Å². The molecule has 0 unspecified atom stereocenters. The van der Waals surface area contributed by atoms with E-state index in [0.29, 0.717) is 0 Å². The highest BCUT2D eigenvalue weighted by Gasteiger charge is 2.48. The van der Waals surface area contributed by atoms with Crippen LogP contribution in [-0.4, -0.2) is 5.91 Å². The Hall–Kier alpha value is -3.01. The molecule has 2 atom stereocenters. The summed E-state index contributed by atoms with van der Waals surface area (Å²) in [6, 6.07) is 22.5. The Morgan fingerprint density at radius 3 is 2.04 bits per heavy atom. The molecule has 1 amide bonds. The van der Waals surface area contributed by atoms with Crippen molar-refractivity contribution in [1.82, 2.24) is 0 Å². The predicted molar refractivity (Wildman–Crippen MR) is 106 cm³/mol. The number of halogens is 2. The number of aryl methyl sites for hydroxylation is 1. The van der Waals surface area contributed by atoms with Crippen molar-refractivity contribution < 1.29 is 13.6 Å². The fourth-order valence-electron chi connectivity index (χ4n) is 3.93. The normalized spacial score (nSPS) is 18.8. The molecule has 3 aromatic rings. The third-order valence-electron chi connectivity index (χ3n) is 5.35. The van der Waals surface area contributed by atoms with Gasteiger partial charge in [-0.1, -0.05) is 42.5 Å². The first-order chi connectivity index (χ1) is 13.6. The van der Waals surface area contributed by atoms with Crippen LogP contribution < -0.4 is 4.90 Å². The topological polar surface area (TPSA) is 20.3 Å². The van der Waals surface area contributed by atoms with Gasteiger partial charge in [0.25, 0.3) is 0 Å². The number of carbonyl (C=O) groups excluding carboxylic acids is 1. The van der Waals surface area contributed by atoms with E-state index in [2.05, 4.69) is 0 Å². The number of carbonyl (C=O) groups is 1. The second-order valence-electron chi connectivity index (χ2n) is 7.17. The van der Waals surface area contributed by atoms with Gasteiger partial charge < -0.3 is 4.90 Å². The molecule has 0 aromatic heterocycles. The number of amides is 1. The molecule has 3 aromatic carbocycles. The minimum atomic E-state index is -0.316. The molecule has 28 heavy (non-hydrogen) atoms. The standard InChI is InChI=1S/C24H21F2NO/c25-19-11-9-17(10-12-19)5-4-8-22-23(18-6-2-1-3-7-18)27(24(22)28)21-15-13-20(26)14-16-21/h1-3,6-7,9-16,22-23H,4-5,8H2/t22-,23-/m1/s1. The van der Waals surface area contributed by atoms with Crippen LogP contribution in [-0.2, 0) is 11.2 Å². The average molecular weight is 377 g/mol. The van der Waals surface area contributed by atoms with E-state index < -0.39 is 0 Å². The summed E-state index contributed by atoms with van der Waals surface area (Å²) in [5.74, 6) is -0.590. The van der Waals surface area contributed by atoms with Gasteiger partial charge in [-0.15, -0.1) is 0 Å². The number of β-lactam (4-membered cyclic amide) rings is 1. The Morgan fingerprint density at radius 2 is 1.39 bits per heavy atom. The molecule has 0 spiro atoms. The van der Waals surface area contributed by atoms with Crippen LogP contribution in [0.1, 0.15) is 30.0 Å². The number of nitrogens with zero attached hydrogens (tertiary/aromatic N) is 1. The lowest BCUT2D eigenvalue weighted by Gasteiger charge is -2.47. The van der Waals surface area contributed by atoms with Crippen molar-refractivity contribution in [2.75, 3.05) is 4.90 Å². The van der Waals surface area contributed by atoms with Crippen molar-refractivity contribution in [2.45, 2.75) is 25.3 Å². The third-order valence-corrected chi connectivity index (χ3v) is 5.35. The zero-order valence-electron chi connectivity index (χ0n) is 15.4. The Bertz CT molecular complexity index is 939. The molecule has 0 radical (unpaired) electrons. The summed E-state index contributed by atoms with van der Waals surface area (Å²) in [6.45, 7) is 0. The molecular weight excluding hydrogens is 356 g/mol. The molecule has 0 N–H and O–H groups in total. The SMILES string of the molecule is O=C1[C@H](CCCc2ccc(F)cc2)[C@@H](c2ccccc2)N1c1ccc(F)cc1. The van der Waals surface area contributed by atoms with E-state index in [1.165, 1.54) is 24.3 Å². The lowest BCUT2D eigenvalue weighted by molar-refractivity contribution is -0.130. The maximum Gasteiger partial charge on any atom is 0.233 e. The summed E-state index contributed by atoms with van der Waals surface area (Å²) < 4.78 is 26.3. The first kappa shape index (κ1) is 18.4. The van der Waals surface area contributed by atoms with E-state index in [1.807, 2.05) is 30.3 Å². The zero-order valence-corrected chi connectivity index (χ0v) is 15.4. The Labute approximate surface area is 163 Å². The quantitative estimate of drug-likeness (QED) is 0.505. The molecule has 4 heteroatoms. The summed E-state index contributed by atoms with van der Waals surface area (Å²) in [7, 11) is 0. The van der Waals surface area contributed by atoms with E-state index in [1.54, 1.807) is 29.2 Å². The first-order valence-electron chi connectivity index (χ1n) is 9.51. The van der Waals surface area contributed by atoms with E-state index in [4.69, 9.17) is 0 Å². The monoisotopic (exact) mass is 377 g/mol. The van der Waals surface area contributed by atoms with Crippen LogP contribution in [0.3, 0.4) is 0 Å². The Morgan fingerprint density at radius 1 is 0.786 bits per heavy atom. The van der Waals surface area contributed by atoms with E-state index in [0.717, 1.165) is 36.1 Å². The summed E-state index contributed by atoms with van der Waals surface area (Å²) in [5, 5.41) is 0. The van der Waals surface area contributed by atoms with Crippen molar-refractivity contribution >= 4 is 11.6 Å². The summed E-state index contributed by atoms with van der Waals surface area (Å²) >= 11 is 0. The minimum absolute atomic E-state index is 0.0487. The Balaban J connectivity index is 1.50. The van der Waals surface area contributed by atoms with E-state index in [9.17, 15) is 13.6 Å². The number of anilines is 1. The van der Waals surface area contributed by atoms with Crippen LogP contribution in [0.4, 0.5) is 14.5 Å². The van der Waals surface area contributed by atoms with Crippen molar-refractivity contribution in [3.8, 4) is 0 Å². The minimum Gasteiger partial charge on any atom is -0.304 e. The van der Waals surface area contributed by atoms with E-state index in [-0.39, 0.29) is 29.5 Å². The second-order valence-corrected chi connectivity index (χ2v) is 7.17.